The molecule has 2 N–H and O–H groups in total. The van der Waals surface area contributed by atoms with Crippen molar-refractivity contribution >= 4 is 34.0 Å². The zero-order chi connectivity index (χ0) is 22.8. The predicted octanol–water partition coefficient (Wildman–Crippen LogP) is 1.73. The zero-order valence-electron chi connectivity index (χ0n) is 19.7. The van der Waals surface area contributed by atoms with Crippen LogP contribution >= 0.6 is 12.4 Å². The van der Waals surface area contributed by atoms with Gasteiger partial charge >= 0.3 is 0 Å². The van der Waals surface area contributed by atoms with E-state index in [1.807, 2.05) is 13.0 Å². The molecule has 182 valence electrons. The number of anilines is 1. The lowest BCUT2D eigenvalue weighted by atomic mass is 9.87. The molecule has 0 aromatic heterocycles. The van der Waals surface area contributed by atoms with Gasteiger partial charge in [-0.2, -0.15) is 0 Å². The van der Waals surface area contributed by atoms with Crippen LogP contribution in [0.2, 0.25) is 0 Å². The monoisotopic (exact) mass is 488 g/mol. The van der Waals surface area contributed by atoms with Crippen molar-refractivity contribution in [3.05, 3.63) is 23.8 Å². The Morgan fingerprint density at radius 2 is 2.06 bits per heavy atom. The van der Waals surface area contributed by atoms with Gasteiger partial charge in [-0.25, -0.2) is 13.1 Å². The summed E-state index contributed by atoms with van der Waals surface area (Å²) in [6, 6.07) is 5.56. The number of nitrogens with zero attached hydrogens (tertiary/aromatic N) is 2. The summed E-state index contributed by atoms with van der Waals surface area (Å²) in [5.41, 5.74) is 1.45. The number of hydrogen-bond acceptors (Lipinski definition) is 6. The highest BCUT2D eigenvalue weighted by Gasteiger charge is 2.40. The molecule has 10 heteroatoms. The Hall–Kier alpha value is -1.23. The molecule has 0 bridgehead atoms. The number of rotatable bonds is 8. The summed E-state index contributed by atoms with van der Waals surface area (Å²) < 4.78 is 33.3. The minimum absolute atomic E-state index is 0. The Morgan fingerprint density at radius 3 is 2.72 bits per heavy atom. The lowest BCUT2D eigenvalue weighted by Gasteiger charge is -2.39. The van der Waals surface area contributed by atoms with Gasteiger partial charge in [-0.3, -0.25) is 9.69 Å². The molecule has 3 rings (SSSR count). The van der Waals surface area contributed by atoms with Crippen LogP contribution < -0.4 is 14.9 Å². The first-order chi connectivity index (χ1) is 14.6. The van der Waals surface area contributed by atoms with Crippen LogP contribution in [0.25, 0.3) is 0 Å². The first-order valence-electron chi connectivity index (χ1n) is 11.0. The van der Waals surface area contributed by atoms with Crippen molar-refractivity contribution in [1.29, 1.82) is 0 Å². The average molecular weight is 489 g/mol. The van der Waals surface area contributed by atoms with Gasteiger partial charge in [0, 0.05) is 56.5 Å². The van der Waals surface area contributed by atoms with E-state index in [2.05, 4.69) is 35.7 Å². The van der Waals surface area contributed by atoms with Gasteiger partial charge in [0.05, 0.1) is 18.0 Å². The molecule has 0 unspecified atom stereocenters. The lowest BCUT2D eigenvalue weighted by molar-refractivity contribution is -0.121. The molecule has 2 atom stereocenters. The number of sulfonamides is 1. The molecule has 2 aliphatic rings. The number of carbonyl (C=O) groups is 1. The SMILES string of the molecule is CCCNS(=O)(=O)c1ccc2c(c1)N(C(=O)CN1C[C@@H](C)NC[C@@H]1COC)CC2(C)C.Cl. The predicted molar refractivity (Wildman–Crippen MR) is 129 cm³/mol. The summed E-state index contributed by atoms with van der Waals surface area (Å²) in [6.07, 6.45) is 0.716. The van der Waals surface area contributed by atoms with Crippen molar-refractivity contribution in [3.8, 4) is 0 Å². The van der Waals surface area contributed by atoms with Crippen LogP contribution in [0, 0.1) is 0 Å². The summed E-state index contributed by atoms with van der Waals surface area (Å²) in [7, 11) is -1.93. The van der Waals surface area contributed by atoms with Crippen LogP contribution in [-0.2, 0) is 25.0 Å². The second kappa shape index (κ2) is 10.8. The average Bonchev–Trinajstić information content (AvgIpc) is 2.99. The fourth-order valence-electron chi connectivity index (χ4n) is 4.42. The molecular formula is C22H37ClN4O4S. The Bertz CT molecular complexity index is 909. The maximum atomic E-state index is 13.4. The smallest absolute Gasteiger partial charge is 0.241 e. The molecule has 1 aromatic carbocycles. The maximum absolute atomic E-state index is 13.4. The molecule has 8 nitrogen and oxygen atoms in total. The summed E-state index contributed by atoms with van der Waals surface area (Å²) >= 11 is 0. The van der Waals surface area contributed by atoms with E-state index in [1.54, 1.807) is 24.1 Å². The second-order valence-electron chi connectivity index (χ2n) is 9.29. The Balaban J connectivity index is 0.00000363. The van der Waals surface area contributed by atoms with E-state index in [1.165, 1.54) is 0 Å². The van der Waals surface area contributed by atoms with E-state index in [0.717, 1.165) is 18.7 Å². The molecule has 1 aromatic rings. The summed E-state index contributed by atoms with van der Waals surface area (Å²) in [5, 5.41) is 3.44. The highest BCUT2D eigenvalue weighted by atomic mass is 35.5. The number of methoxy groups -OCH3 is 1. The van der Waals surface area contributed by atoms with Gasteiger partial charge in [-0.05, 0) is 31.0 Å². The molecule has 32 heavy (non-hydrogen) atoms. The van der Waals surface area contributed by atoms with Crippen molar-refractivity contribution < 1.29 is 17.9 Å². The molecule has 0 aliphatic carbocycles. The molecule has 1 saturated heterocycles. The number of hydrogen-bond donors (Lipinski definition) is 2. The number of carbonyl (C=O) groups excluding carboxylic acids is 1. The van der Waals surface area contributed by atoms with E-state index in [9.17, 15) is 13.2 Å². The topological polar surface area (TPSA) is 91.0 Å². The molecule has 0 spiro atoms. The normalized spacial score (nSPS) is 23.0. The third-order valence-corrected chi connectivity index (χ3v) is 7.58. The second-order valence-corrected chi connectivity index (χ2v) is 11.1. The highest BCUT2D eigenvalue weighted by molar-refractivity contribution is 7.89. The van der Waals surface area contributed by atoms with Gasteiger partial charge in [-0.1, -0.05) is 26.8 Å². The Labute approximate surface area is 198 Å². The van der Waals surface area contributed by atoms with Gasteiger partial charge in [-0.15, -0.1) is 12.4 Å². The van der Waals surface area contributed by atoms with E-state index < -0.39 is 10.0 Å². The van der Waals surface area contributed by atoms with Crippen LogP contribution in [0.5, 0.6) is 0 Å². The highest BCUT2D eigenvalue weighted by Crippen LogP contribution is 2.41. The first kappa shape index (κ1) is 27.0. The van der Waals surface area contributed by atoms with Crippen molar-refractivity contribution in [1.82, 2.24) is 14.9 Å². The van der Waals surface area contributed by atoms with Crippen molar-refractivity contribution in [2.75, 3.05) is 51.3 Å². The molecule has 1 fully saturated rings. The largest absolute Gasteiger partial charge is 0.383 e. The number of benzene rings is 1. The minimum atomic E-state index is -3.60. The van der Waals surface area contributed by atoms with Crippen molar-refractivity contribution in [2.45, 2.75) is 56.5 Å². The molecule has 1 amide bonds. The Morgan fingerprint density at radius 1 is 1.34 bits per heavy atom. The number of fused-ring (bicyclic) bond motifs is 1. The van der Waals surface area contributed by atoms with Crippen LogP contribution in [0.4, 0.5) is 5.69 Å². The fraction of sp³-hybridized carbons (Fsp3) is 0.682. The van der Waals surface area contributed by atoms with Gasteiger partial charge in [0.25, 0.3) is 0 Å². The number of ether oxygens (including phenoxy) is 1. The van der Waals surface area contributed by atoms with Gasteiger partial charge < -0.3 is 15.0 Å². The molecule has 0 radical (unpaired) electrons. The lowest BCUT2D eigenvalue weighted by Crippen LogP contribution is -2.59. The number of halogens is 1. The minimum Gasteiger partial charge on any atom is -0.383 e. The third kappa shape index (κ3) is 5.81. The van der Waals surface area contributed by atoms with Crippen LogP contribution in [0.1, 0.15) is 39.7 Å². The summed E-state index contributed by atoms with van der Waals surface area (Å²) in [5.74, 6) is -0.0157. The number of piperazine rings is 1. The standard InChI is InChI=1S/C22H36N4O4S.ClH/c1-6-9-24-31(28,29)18-7-8-19-20(10-18)26(15-22(19,3)4)21(27)13-25-12-16(2)23-11-17(25)14-30-5;/h7-8,10,16-17,23-24H,6,9,11-15H2,1-5H3;1H/t16-,17-;/m1./s1. The quantitative estimate of drug-likeness (QED) is 0.579. The number of amides is 1. The summed E-state index contributed by atoms with van der Waals surface area (Å²) in [4.78, 5) is 17.5. The van der Waals surface area contributed by atoms with Crippen LogP contribution in [-0.4, -0.2) is 77.7 Å². The zero-order valence-corrected chi connectivity index (χ0v) is 21.3. The molecule has 0 saturated carbocycles. The van der Waals surface area contributed by atoms with Crippen molar-refractivity contribution in [3.63, 3.8) is 0 Å². The van der Waals surface area contributed by atoms with E-state index >= 15 is 0 Å². The molecule has 2 aliphatic heterocycles. The van der Waals surface area contributed by atoms with Gasteiger partial charge in [0.2, 0.25) is 15.9 Å². The third-order valence-electron chi connectivity index (χ3n) is 6.12. The number of nitrogens with one attached hydrogen (secondary N) is 2. The van der Waals surface area contributed by atoms with E-state index in [0.29, 0.717) is 37.8 Å². The van der Waals surface area contributed by atoms with E-state index in [-0.39, 0.29) is 41.2 Å². The maximum Gasteiger partial charge on any atom is 0.241 e. The van der Waals surface area contributed by atoms with E-state index in [4.69, 9.17) is 4.74 Å². The fourth-order valence-corrected chi connectivity index (χ4v) is 5.58. The first-order valence-corrected chi connectivity index (χ1v) is 12.5. The Kier molecular flexibility index (Phi) is 9.12. The summed E-state index contributed by atoms with van der Waals surface area (Å²) in [6.45, 7) is 11.5. The molecular weight excluding hydrogens is 452 g/mol. The van der Waals surface area contributed by atoms with Gasteiger partial charge in [0.1, 0.15) is 0 Å². The molecule has 2 heterocycles. The van der Waals surface area contributed by atoms with Crippen LogP contribution in [0.3, 0.4) is 0 Å². The van der Waals surface area contributed by atoms with Crippen LogP contribution in [0.15, 0.2) is 23.1 Å². The van der Waals surface area contributed by atoms with Crippen molar-refractivity contribution in [2.24, 2.45) is 0 Å². The van der Waals surface area contributed by atoms with Gasteiger partial charge in [0.15, 0.2) is 0 Å².